The molecular formula is C14H18O3. The van der Waals surface area contributed by atoms with Crippen LogP contribution in [-0.2, 0) is 4.79 Å². The van der Waals surface area contributed by atoms with E-state index in [0.29, 0.717) is 19.3 Å². The van der Waals surface area contributed by atoms with E-state index in [2.05, 4.69) is 11.8 Å². The minimum absolute atomic E-state index is 0.166. The molecule has 1 aliphatic rings. The van der Waals surface area contributed by atoms with Gasteiger partial charge in [-0.1, -0.05) is 12.8 Å². The van der Waals surface area contributed by atoms with Gasteiger partial charge in [-0.15, -0.1) is 18.8 Å². The molecule has 0 aliphatic heterocycles. The van der Waals surface area contributed by atoms with Crippen molar-refractivity contribution < 1.29 is 15.0 Å². The van der Waals surface area contributed by atoms with Gasteiger partial charge in [-0.05, 0) is 31.1 Å². The molecule has 0 spiro atoms. The Morgan fingerprint density at radius 3 is 2.59 bits per heavy atom. The Morgan fingerprint density at radius 1 is 1.47 bits per heavy atom. The predicted molar refractivity (Wildman–Crippen MR) is 64.9 cm³/mol. The molecule has 1 rings (SSSR count). The zero-order chi connectivity index (χ0) is 13.1. The van der Waals surface area contributed by atoms with Crippen LogP contribution in [0.2, 0.25) is 0 Å². The summed E-state index contributed by atoms with van der Waals surface area (Å²) in [5, 5.41) is 19.4. The fourth-order valence-corrected chi connectivity index (χ4v) is 2.86. The molecule has 2 N–H and O–H groups in total. The molecule has 0 saturated heterocycles. The van der Waals surface area contributed by atoms with Gasteiger partial charge in [0.25, 0.3) is 0 Å². The molecule has 0 heterocycles. The van der Waals surface area contributed by atoms with Crippen LogP contribution in [0.25, 0.3) is 0 Å². The quantitative estimate of drug-likeness (QED) is 0.728. The normalized spacial score (nSPS) is 36.8. The predicted octanol–water partition coefficient (Wildman–Crippen LogP) is 1.51. The van der Waals surface area contributed by atoms with E-state index >= 15 is 0 Å². The van der Waals surface area contributed by atoms with Crippen molar-refractivity contribution >= 4 is 5.97 Å². The number of rotatable bonds is 3. The molecule has 0 amide bonds. The summed E-state index contributed by atoms with van der Waals surface area (Å²) in [6, 6.07) is 0. The summed E-state index contributed by atoms with van der Waals surface area (Å²) in [6.07, 6.45) is 11.9. The van der Waals surface area contributed by atoms with Crippen molar-refractivity contribution in [2.75, 3.05) is 0 Å². The second kappa shape index (κ2) is 5.25. The Bertz CT molecular complexity index is 374. The fourth-order valence-electron chi connectivity index (χ4n) is 2.86. The summed E-state index contributed by atoms with van der Waals surface area (Å²) >= 11 is 0. The number of aliphatic hydroxyl groups excluding tert-OH is 1. The van der Waals surface area contributed by atoms with E-state index in [1.165, 1.54) is 0 Å². The molecule has 0 aromatic heterocycles. The van der Waals surface area contributed by atoms with Gasteiger partial charge >= 0.3 is 5.97 Å². The molecule has 4 atom stereocenters. The topological polar surface area (TPSA) is 57.5 Å². The maximum atomic E-state index is 11.5. The van der Waals surface area contributed by atoms with Crippen molar-refractivity contribution in [2.45, 2.75) is 38.7 Å². The number of carboxylic acid groups (broad SMARTS) is 1. The monoisotopic (exact) mass is 234 g/mol. The van der Waals surface area contributed by atoms with Crippen LogP contribution in [0.3, 0.4) is 0 Å². The molecule has 0 unspecified atom stereocenters. The summed E-state index contributed by atoms with van der Waals surface area (Å²) in [6.45, 7) is 1.97. The van der Waals surface area contributed by atoms with Crippen molar-refractivity contribution in [1.82, 2.24) is 0 Å². The third kappa shape index (κ3) is 2.16. The van der Waals surface area contributed by atoms with Crippen LogP contribution in [0, 0.1) is 41.9 Å². The molecule has 0 aromatic carbocycles. The van der Waals surface area contributed by atoms with Gasteiger partial charge in [0, 0.05) is 6.42 Å². The minimum atomic E-state index is -1.48. The second-order valence-electron chi connectivity index (χ2n) is 4.74. The molecule has 1 fully saturated rings. The molecule has 0 bridgehead atoms. The Kier molecular flexibility index (Phi) is 4.21. The van der Waals surface area contributed by atoms with Gasteiger partial charge in [0.15, 0.2) is 5.41 Å². The highest BCUT2D eigenvalue weighted by molar-refractivity contribution is 5.80. The van der Waals surface area contributed by atoms with Crippen LogP contribution in [0.4, 0.5) is 0 Å². The van der Waals surface area contributed by atoms with E-state index in [1.807, 2.05) is 6.92 Å². The Morgan fingerprint density at radius 2 is 2.12 bits per heavy atom. The number of carbonyl (C=O) groups is 1. The third-order valence-corrected chi connectivity index (χ3v) is 3.89. The smallest absolute Gasteiger partial charge is 0.324 e. The van der Waals surface area contributed by atoms with Crippen molar-refractivity contribution in [3.8, 4) is 24.7 Å². The first-order valence-electron chi connectivity index (χ1n) is 5.83. The van der Waals surface area contributed by atoms with Crippen molar-refractivity contribution in [1.29, 1.82) is 0 Å². The molecule has 92 valence electrons. The molecule has 1 aliphatic carbocycles. The van der Waals surface area contributed by atoms with E-state index in [0.717, 1.165) is 6.42 Å². The van der Waals surface area contributed by atoms with E-state index in [-0.39, 0.29) is 11.8 Å². The summed E-state index contributed by atoms with van der Waals surface area (Å²) in [5.74, 6) is 3.64. The van der Waals surface area contributed by atoms with E-state index in [9.17, 15) is 15.0 Å². The van der Waals surface area contributed by atoms with Crippen molar-refractivity contribution in [3.63, 3.8) is 0 Å². The van der Waals surface area contributed by atoms with Crippen LogP contribution in [0.15, 0.2) is 0 Å². The van der Waals surface area contributed by atoms with Crippen LogP contribution in [0.1, 0.15) is 32.6 Å². The first-order valence-corrected chi connectivity index (χ1v) is 5.83. The molecule has 3 heteroatoms. The summed E-state index contributed by atoms with van der Waals surface area (Å²) in [5.41, 5.74) is -1.48. The van der Waals surface area contributed by atoms with Gasteiger partial charge in [-0.2, -0.15) is 0 Å². The zero-order valence-electron chi connectivity index (χ0n) is 10.0. The standard InChI is InChI=1S/C14H18O3/c1-4-6-7-11-10(3)8-9-12(15)14(11,5-2)13(16)17/h1-2,10-12,15H,6-9H2,3H3,(H,16,17)/t10-,11-,12+,14-/m0/s1. The Hall–Kier alpha value is -1.45. The largest absolute Gasteiger partial charge is 0.480 e. The van der Waals surface area contributed by atoms with Crippen LogP contribution in [-0.4, -0.2) is 22.3 Å². The maximum absolute atomic E-state index is 11.5. The minimum Gasteiger partial charge on any atom is -0.480 e. The van der Waals surface area contributed by atoms with E-state index in [4.69, 9.17) is 12.8 Å². The van der Waals surface area contributed by atoms with Crippen LogP contribution >= 0.6 is 0 Å². The Labute approximate surface area is 102 Å². The number of terminal acetylenes is 2. The number of aliphatic hydroxyl groups is 1. The van der Waals surface area contributed by atoms with E-state index < -0.39 is 17.5 Å². The lowest BCUT2D eigenvalue weighted by Crippen LogP contribution is -2.52. The average molecular weight is 234 g/mol. The maximum Gasteiger partial charge on any atom is 0.324 e. The third-order valence-electron chi connectivity index (χ3n) is 3.89. The average Bonchev–Trinajstić information content (AvgIpc) is 2.30. The lowest BCUT2D eigenvalue weighted by Gasteiger charge is -2.44. The Balaban J connectivity index is 3.12. The number of aliphatic carboxylic acids is 1. The lowest BCUT2D eigenvalue weighted by atomic mass is 9.59. The number of hydrogen-bond donors (Lipinski definition) is 2. The van der Waals surface area contributed by atoms with Gasteiger partial charge in [-0.25, -0.2) is 0 Å². The number of carboxylic acids is 1. The molecule has 3 nitrogen and oxygen atoms in total. The van der Waals surface area contributed by atoms with Crippen molar-refractivity contribution in [2.24, 2.45) is 17.3 Å². The fraction of sp³-hybridized carbons (Fsp3) is 0.643. The second-order valence-corrected chi connectivity index (χ2v) is 4.74. The summed E-state index contributed by atoms with van der Waals surface area (Å²) in [4.78, 5) is 11.5. The van der Waals surface area contributed by atoms with Gasteiger partial charge < -0.3 is 10.2 Å². The highest BCUT2D eigenvalue weighted by Gasteiger charge is 2.54. The first kappa shape index (κ1) is 13.6. The molecule has 17 heavy (non-hydrogen) atoms. The lowest BCUT2D eigenvalue weighted by molar-refractivity contribution is -0.162. The zero-order valence-corrected chi connectivity index (χ0v) is 10.0. The SMILES string of the molecule is C#CCC[C@H]1[C@@H](C)CC[C@@H](O)[C@@]1(C#C)C(=O)O. The van der Waals surface area contributed by atoms with E-state index in [1.54, 1.807) is 0 Å². The molecule has 1 saturated carbocycles. The van der Waals surface area contributed by atoms with Gasteiger partial charge in [0.05, 0.1) is 6.10 Å². The van der Waals surface area contributed by atoms with Gasteiger partial charge in [0.2, 0.25) is 0 Å². The summed E-state index contributed by atoms with van der Waals surface area (Å²) < 4.78 is 0. The number of hydrogen-bond acceptors (Lipinski definition) is 2. The van der Waals surface area contributed by atoms with Crippen LogP contribution < -0.4 is 0 Å². The highest BCUT2D eigenvalue weighted by Crippen LogP contribution is 2.46. The highest BCUT2D eigenvalue weighted by atomic mass is 16.4. The van der Waals surface area contributed by atoms with Gasteiger partial charge in [0.1, 0.15) is 0 Å². The first-order chi connectivity index (χ1) is 8.00. The summed E-state index contributed by atoms with van der Waals surface area (Å²) in [7, 11) is 0. The molecule has 0 aromatic rings. The van der Waals surface area contributed by atoms with Crippen LogP contribution in [0.5, 0.6) is 0 Å². The van der Waals surface area contributed by atoms with Gasteiger partial charge in [-0.3, -0.25) is 4.79 Å². The molecule has 0 radical (unpaired) electrons. The van der Waals surface area contributed by atoms with Crippen molar-refractivity contribution in [3.05, 3.63) is 0 Å². The molecular weight excluding hydrogens is 216 g/mol.